The molecule has 1 aliphatic rings. The first-order valence-corrected chi connectivity index (χ1v) is 4.00. The Labute approximate surface area is 78.9 Å². The van der Waals surface area contributed by atoms with Gasteiger partial charge in [-0.05, 0) is 0 Å². The third kappa shape index (κ3) is 1.10. The van der Waals surface area contributed by atoms with Crippen LogP contribution >= 0.6 is 0 Å². The molecule has 1 aliphatic heterocycles. The van der Waals surface area contributed by atoms with Crippen molar-refractivity contribution in [1.82, 2.24) is 9.97 Å². The maximum Gasteiger partial charge on any atom is 0.278 e. The molecule has 0 fully saturated rings. The zero-order chi connectivity index (χ0) is 10.3. The highest BCUT2D eigenvalue weighted by Gasteiger charge is 2.24. The van der Waals surface area contributed by atoms with Gasteiger partial charge in [-0.15, -0.1) is 0 Å². The molecule has 0 aliphatic carbocycles. The molecule has 7 heteroatoms. The average molecular weight is 195 g/mol. The number of H-pyrrole nitrogens is 1. The van der Waals surface area contributed by atoms with Gasteiger partial charge in [-0.25, -0.2) is 0 Å². The van der Waals surface area contributed by atoms with Gasteiger partial charge in [-0.2, -0.15) is 4.98 Å². The number of carbonyl (C=O) groups is 1. The second-order valence-corrected chi connectivity index (χ2v) is 2.95. The van der Waals surface area contributed by atoms with Crippen LogP contribution in [-0.4, -0.2) is 29.5 Å². The highest BCUT2D eigenvalue weighted by Crippen LogP contribution is 2.21. The van der Waals surface area contributed by atoms with Crippen molar-refractivity contribution in [3.63, 3.8) is 0 Å². The first-order chi connectivity index (χ1) is 6.59. The molecule has 2 rings (SSSR count). The number of nitrogen functional groups attached to an aromatic ring is 1. The van der Waals surface area contributed by atoms with E-state index < -0.39 is 5.56 Å². The van der Waals surface area contributed by atoms with Gasteiger partial charge in [-0.1, -0.05) is 0 Å². The molecule has 0 bridgehead atoms. The van der Waals surface area contributed by atoms with Gasteiger partial charge in [0.25, 0.3) is 5.56 Å². The summed E-state index contributed by atoms with van der Waals surface area (Å²) in [7, 11) is 1.52. The number of hydrogen-bond acceptors (Lipinski definition) is 5. The lowest BCUT2D eigenvalue weighted by Gasteiger charge is -2.24. The molecule has 1 aromatic heterocycles. The van der Waals surface area contributed by atoms with Crippen molar-refractivity contribution in [2.75, 3.05) is 29.5 Å². The summed E-state index contributed by atoms with van der Waals surface area (Å²) in [6.45, 7) is 0.124. The van der Waals surface area contributed by atoms with Gasteiger partial charge in [-0.3, -0.25) is 14.6 Å². The fraction of sp³-hybridized carbons (Fsp3) is 0.286. The quantitative estimate of drug-likeness (QED) is 0.479. The Morgan fingerprint density at radius 3 is 2.93 bits per heavy atom. The zero-order valence-corrected chi connectivity index (χ0v) is 7.50. The molecular weight excluding hydrogens is 186 g/mol. The van der Waals surface area contributed by atoms with Gasteiger partial charge in [0.15, 0.2) is 11.5 Å². The molecule has 7 nitrogen and oxygen atoms in total. The summed E-state index contributed by atoms with van der Waals surface area (Å²) >= 11 is 0. The van der Waals surface area contributed by atoms with E-state index in [1.807, 2.05) is 0 Å². The van der Waals surface area contributed by atoms with Gasteiger partial charge in [0.2, 0.25) is 11.9 Å². The molecule has 1 aromatic rings. The Bertz CT molecular complexity index is 452. The third-order valence-corrected chi connectivity index (χ3v) is 2.03. The highest BCUT2D eigenvalue weighted by atomic mass is 16.2. The fourth-order valence-corrected chi connectivity index (χ4v) is 1.32. The number of nitrogens with two attached hydrogens (primary N) is 1. The lowest BCUT2D eigenvalue weighted by atomic mass is 10.3. The molecule has 0 aromatic carbocycles. The Morgan fingerprint density at radius 2 is 2.21 bits per heavy atom. The molecule has 1 amide bonds. The molecule has 0 unspecified atom stereocenters. The SMILES string of the molecule is CN1C(=O)CNc2nc(N)[nH]c(=O)c21. The van der Waals surface area contributed by atoms with E-state index in [1.54, 1.807) is 0 Å². The number of amides is 1. The molecule has 0 saturated carbocycles. The van der Waals surface area contributed by atoms with Gasteiger partial charge in [0.05, 0.1) is 6.54 Å². The van der Waals surface area contributed by atoms with Crippen molar-refractivity contribution < 1.29 is 4.79 Å². The van der Waals surface area contributed by atoms with Crippen molar-refractivity contribution in [2.45, 2.75) is 0 Å². The summed E-state index contributed by atoms with van der Waals surface area (Å²) < 4.78 is 0. The smallest absolute Gasteiger partial charge is 0.278 e. The van der Waals surface area contributed by atoms with Crippen LogP contribution in [0.25, 0.3) is 0 Å². The van der Waals surface area contributed by atoms with Crippen LogP contribution < -0.4 is 21.5 Å². The van der Waals surface area contributed by atoms with E-state index in [2.05, 4.69) is 15.3 Å². The Balaban J connectivity index is 2.66. The van der Waals surface area contributed by atoms with Crippen molar-refractivity contribution in [3.8, 4) is 0 Å². The molecule has 74 valence electrons. The maximum atomic E-state index is 11.4. The van der Waals surface area contributed by atoms with Crippen LogP contribution in [0, 0.1) is 0 Å². The van der Waals surface area contributed by atoms with Gasteiger partial charge >= 0.3 is 0 Å². The van der Waals surface area contributed by atoms with E-state index >= 15 is 0 Å². The number of carbonyl (C=O) groups excluding carboxylic acids is 1. The highest BCUT2D eigenvalue weighted by molar-refractivity contribution is 6.01. The average Bonchev–Trinajstić information content (AvgIpc) is 2.10. The molecule has 0 spiro atoms. The molecule has 14 heavy (non-hydrogen) atoms. The number of hydrogen-bond donors (Lipinski definition) is 3. The first kappa shape index (κ1) is 8.54. The first-order valence-electron chi connectivity index (χ1n) is 4.00. The second-order valence-electron chi connectivity index (χ2n) is 2.95. The van der Waals surface area contributed by atoms with E-state index in [0.29, 0.717) is 5.82 Å². The maximum absolute atomic E-state index is 11.4. The standard InChI is InChI=1S/C7H9N5O2/c1-12-3(13)2-9-5-4(12)6(14)11-7(8)10-5/h2H2,1H3,(H4,8,9,10,11,14). The van der Waals surface area contributed by atoms with E-state index in [0.717, 1.165) is 0 Å². The number of likely N-dealkylation sites (N-methyl/N-ethyl adjacent to an activating group) is 1. The lowest BCUT2D eigenvalue weighted by Crippen LogP contribution is -2.41. The van der Waals surface area contributed by atoms with Crippen molar-refractivity contribution in [1.29, 1.82) is 0 Å². The van der Waals surface area contributed by atoms with Crippen LogP contribution in [0.2, 0.25) is 0 Å². The largest absolute Gasteiger partial charge is 0.369 e. The number of fused-ring (bicyclic) bond motifs is 1. The minimum Gasteiger partial charge on any atom is -0.369 e. The minimum atomic E-state index is -0.421. The molecule has 2 heterocycles. The van der Waals surface area contributed by atoms with Crippen molar-refractivity contribution in [2.24, 2.45) is 0 Å². The van der Waals surface area contributed by atoms with E-state index in [9.17, 15) is 9.59 Å². The van der Waals surface area contributed by atoms with Crippen LogP contribution in [0.1, 0.15) is 0 Å². The second kappa shape index (κ2) is 2.72. The number of aromatic amines is 1. The normalized spacial score (nSPS) is 14.9. The van der Waals surface area contributed by atoms with Crippen molar-refractivity contribution in [3.05, 3.63) is 10.4 Å². The topological polar surface area (TPSA) is 104 Å². The zero-order valence-electron chi connectivity index (χ0n) is 7.50. The summed E-state index contributed by atoms with van der Waals surface area (Å²) in [5.41, 5.74) is 5.14. The number of nitrogens with one attached hydrogen (secondary N) is 2. The lowest BCUT2D eigenvalue weighted by molar-refractivity contribution is -0.116. The third-order valence-electron chi connectivity index (χ3n) is 2.03. The number of aromatic nitrogens is 2. The number of anilines is 3. The Morgan fingerprint density at radius 1 is 1.50 bits per heavy atom. The van der Waals surface area contributed by atoms with Crippen LogP contribution in [0.5, 0.6) is 0 Å². The summed E-state index contributed by atoms with van der Waals surface area (Å²) in [6, 6.07) is 0. The van der Waals surface area contributed by atoms with Gasteiger partial charge < -0.3 is 16.0 Å². The predicted octanol–water partition coefficient (Wildman–Crippen LogP) is -1.26. The predicted molar refractivity (Wildman–Crippen MR) is 51.2 cm³/mol. The summed E-state index contributed by atoms with van der Waals surface area (Å²) in [4.78, 5) is 30.1. The summed E-state index contributed by atoms with van der Waals surface area (Å²) in [6.07, 6.45) is 0. The molecule has 0 atom stereocenters. The summed E-state index contributed by atoms with van der Waals surface area (Å²) in [5.74, 6) is 0.187. The van der Waals surface area contributed by atoms with Crippen LogP contribution in [0.4, 0.5) is 17.5 Å². The number of nitrogens with zero attached hydrogens (tertiary/aromatic N) is 2. The van der Waals surface area contributed by atoms with E-state index in [-0.39, 0.29) is 24.1 Å². The van der Waals surface area contributed by atoms with E-state index in [1.165, 1.54) is 11.9 Å². The van der Waals surface area contributed by atoms with Gasteiger partial charge in [0, 0.05) is 7.05 Å². The fourth-order valence-electron chi connectivity index (χ4n) is 1.32. The van der Waals surface area contributed by atoms with Crippen LogP contribution in [0.15, 0.2) is 4.79 Å². The van der Waals surface area contributed by atoms with Crippen LogP contribution in [-0.2, 0) is 4.79 Å². The van der Waals surface area contributed by atoms with Crippen molar-refractivity contribution >= 4 is 23.4 Å². The minimum absolute atomic E-state index is 0.0315. The Kier molecular flexibility index (Phi) is 1.66. The monoisotopic (exact) mass is 195 g/mol. The molecule has 0 radical (unpaired) electrons. The summed E-state index contributed by atoms with van der Waals surface area (Å²) in [5, 5.41) is 2.72. The van der Waals surface area contributed by atoms with E-state index in [4.69, 9.17) is 5.73 Å². The molecular formula is C7H9N5O2. The van der Waals surface area contributed by atoms with Crippen LogP contribution in [0.3, 0.4) is 0 Å². The van der Waals surface area contributed by atoms with Gasteiger partial charge in [0.1, 0.15) is 0 Å². The molecule has 0 saturated heterocycles. The Hall–Kier alpha value is -2.05. The molecule has 4 N–H and O–H groups in total. The number of rotatable bonds is 0.